The standard InChI is InChI=1S/C12H12N4O.C12H11N3OS.2C11H11N5O.2C11H10N4O2.2C11H10N4OS/c1-7-6-14-10(12(17)15-7)9-5-8-3-2-4-13-11(8)16-9;1-7-6-17-10(12(16)14-7)9-5-8-3-2-4-13-11(8)15-9;1-6-3-12-10(11(17)15-6)8-2-7-4-13-14-5-9(7)16-8;1-6-5-12-10(11(17)14-6)9-4-8-7(15-9)2-3-13-16-8;1-6-5-17-10(11(16)14-6)8-2-7-3-12-13-4-9(7)15-8;1-6-5-17-10(11(16)13-6)9-4-8-7(14-9)2-3-12-15-8;1-6-5-17-10(11(16)14-6)8-2-7-3-12-13-4-9(7)15-8;1-6-5-17-10(11(16)13-6)9-4-8-7(14-9)2-3-12-15-8/h2-4,10,14H,1,5-6H2,(H,15,17);2-4,10H,1,5-6H2,(H,14,16);4-5,10,12H,1-3H2,(H,15,17);2-3,10,12H,1,4-5H2,(H,14,17);3-4,10H,1-2,5H2,(H,14,16);2-3,10H,1,4-5H2,(H,13,16);3-4,10H,1-2,5H2,(H,14,16);2-3,10H,1,4-5H2,(H,13,16). The molecule has 0 aromatic carbocycles. The SMILES string of the molecule is C=C1CNC(C2=Nc3ccnnc3C2)C(=O)N1.C=C1CNC(C2=Nc3cnncc3C2)C(=O)N1.C=C1CNC(C2=Nc3ncccc3C2)C(=O)N1.C=C1COC(C2=Nc3ccnnc3C2)C(=O)N1.C=C1COC(C2=Nc3cnncc3C2)C(=O)N1.C=C1CSC(C2=Nc3ccnnc3C2)C(=O)N1.C=C1CSC(C2=Nc3cnncc3C2)C(=O)N1.C=C1CSC(C2=Nc3ncccc3C2)C(=O)N1. The molecule has 0 saturated carbocycles. The predicted octanol–water partition coefficient (Wildman–Crippen LogP) is 3.15. The Kier molecular flexibility index (Phi) is 28.5. The number of fused-ring (bicyclic) bond motifs is 8. The van der Waals surface area contributed by atoms with Crippen LogP contribution in [0, 0.1) is 0 Å². The highest BCUT2D eigenvalue weighted by Crippen LogP contribution is 2.37. The number of ether oxygens (including phenoxy) is 2. The van der Waals surface area contributed by atoms with Crippen molar-refractivity contribution in [2.24, 2.45) is 39.9 Å². The molecule has 0 spiro atoms. The van der Waals surface area contributed by atoms with Crippen LogP contribution in [-0.2, 0) is 99.2 Å². The number of nitrogens with zero attached hydrogens (tertiary/aromatic N) is 22. The minimum Gasteiger partial charge on any atom is -0.356 e. The maximum absolute atomic E-state index is 11.8. The maximum atomic E-state index is 11.8. The molecule has 0 radical (unpaired) electrons. The van der Waals surface area contributed by atoms with Gasteiger partial charge in [0.1, 0.15) is 33.9 Å². The Balaban J connectivity index is 0.000000108. The highest BCUT2D eigenvalue weighted by atomic mass is 32.2. The molecule has 0 aliphatic carbocycles. The van der Waals surface area contributed by atoms with Gasteiger partial charge in [-0.05, 0) is 30.3 Å². The number of hydrogen-bond donors (Lipinski definition) is 11. The fourth-order valence-electron chi connectivity index (χ4n) is 15.6. The molecule has 8 aromatic rings. The van der Waals surface area contributed by atoms with Crippen molar-refractivity contribution in [1.82, 2.24) is 130 Å². The third kappa shape index (κ3) is 22.1. The van der Waals surface area contributed by atoms with Crippen molar-refractivity contribution in [3.63, 3.8) is 0 Å². The summed E-state index contributed by atoms with van der Waals surface area (Å²) in [6, 6.07) is 12.0. The van der Waals surface area contributed by atoms with E-state index in [-0.39, 0.29) is 75.1 Å². The van der Waals surface area contributed by atoms with Gasteiger partial charge in [0.15, 0.2) is 23.8 Å². The van der Waals surface area contributed by atoms with Crippen molar-refractivity contribution in [3.05, 3.63) is 254 Å². The first-order valence-corrected chi connectivity index (χ1v) is 45.5. The smallest absolute Gasteiger partial charge is 0.259 e. The molecule has 46 heteroatoms. The van der Waals surface area contributed by atoms with E-state index in [0.717, 1.165) is 166 Å². The summed E-state index contributed by atoms with van der Waals surface area (Å²) in [5.74, 6) is 2.87. The van der Waals surface area contributed by atoms with Crippen LogP contribution in [0.15, 0.2) is 249 Å². The molecule has 8 atom stereocenters. The van der Waals surface area contributed by atoms with Gasteiger partial charge in [0.05, 0.1) is 143 Å². The summed E-state index contributed by atoms with van der Waals surface area (Å²) in [6.07, 6.45) is 21.8. The fourth-order valence-corrected chi connectivity index (χ4v) is 18.6. The van der Waals surface area contributed by atoms with Crippen LogP contribution >= 0.6 is 35.3 Å². The minimum absolute atomic E-state index is 0.0159. The third-order valence-corrected chi connectivity index (χ3v) is 26.0. The number of aliphatic imine (C=N–C) groups is 8. The lowest BCUT2D eigenvalue weighted by atomic mass is 10.0. The van der Waals surface area contributed by atoms with Crippen molar-refractivity contribution in [1.29, 1.82) is 0 Å². The molecule has 8 amide bonds. The van der Waals surface area contributed by atoms with E-state index in [0.29, 0.717) is 118 Å². The summed E-state index contributed by atoms with van der Waals surface area (Å²) in [7, 11) is 0. The van der Waals surface area contributed by atoms with E-state index in [1.807, 2.05) is 30.3 Å². The molecular weight excluding hydrogens is 1800 g/mol. The van der Waals surface area contributed by atoms with Gasteiger partial charge in [0.2, 0.25) is 35.4 Å². The highest BCUT2D eigenvalue weighted by molar-refractivity contribution is 8.02. The molecular formula is C90H85N33O10S3. The van der Waals surface area contributed by atoms with Crippen molar-refractivity contribution < 1.29 is 47.8 Å². The highest BCUT2D eigenvalue weighted by Gasteiger charge is 2.41. The third-order valence-electron chi connectivity index (χ3n) is 22.0. The van der Waals surface area contributed by atoms with Crippen molar-refractivity contribution in [3.8, 4) is 0 Å². The first-order chi connectivity index (χ1) is 65.9. The number of nitrogens with one attached hydrogen (secondary N) is 11. The molecule has 43 nitrogen and oxygen atoms in total. The Hall–Kier alpha value is -15.3. The second kappa shape index (κ2) is 41.9. The zero-order valence-electron chi connectivity index (χ0n) is 72.6. The number of rotatable bonds is 8. The van der Waals surface area contributed by atoms with Gasteiger partial charge in [-0.25, -0.2) is 20.0 Å². The number of aromatic nitrogens is 14. The van der Waals surface area contributed by atoms with Gasteiger partial charge in [0.25, 0.3) is 11.8 Å². The van der Waals surface area contributed by atoms with E-state index < -0.39 is 18.2 Å². The van der Waals surface area contributed by atoms with Gasteiger partial charge in [-0.15, -0.1) is 35.3 Å². The number of amides is 8. The second-order valence-electron chi connectivity index (χ2n) is 32.1. The first kappa shape index (κ1) is 92.5. The fraction of sp³-hybridized carbons (Fsp3) is 0.267. The Morgan fingerprint density at radius 3 is 0.971 bits per heavy atom. The maximum Gasteiger partial charge on any atom is 0.259 e. The normalized spacial score (nSPS) is 23.1. The summed E-state index contributed by atoms with van der Waals surface area (Å²) >= 11 is 4.70. The van der Waals surface area contributed by atoms with Crippen LogP contribution in [0.5, 0.6) is 0 Å². The summed E-state index contributed by atoms with van der Waals surface area (Å²) in [5.41, 5.74) is 24.3. The first-order valence-electron chi connectivity index (χ1n) is 42.4. The summed E-state index contributed by atoms with van der Waals surface area (Å²) in [5, 5.41) is 76.7. The molecule has 16 aliphatic heterocycles. The van der Waals surface area contributed by atoms with Crippen LogP contribution in [0.1, 0.15) is 44.9 Å². The van der Waals surface area contributed by atoms with Crippen LogP contribution in [0.2, 0.25) is 0 Å². The number of carbonyl (C=O) groups excluding carboxylic acids is 8. The second-order valence-corrected chi connectivity index (χ2v) is 35.4. The average Bonchev–Trinajstić information content (AvgIpc) is 1.71. The van der Waals surface area contributed by atoms with Gasteiger partial charge in [-0.2, -0.15) is 61.2 Å². The lowest BCUT2D eigenvalue weighted by molar-refractivity contribution is -0.131. The van der Waals surface area contributed by atoms with Crippen LogP contribution in [0.4, 0.5) is 45.8 Å². The van der Waals surface area contributed by atoms with Crippen LogP contribution in [0.25, 0.3) is 0 Å². The molecule has 8 saturated heterocycles. The number of piperazine rings is 3. The molecule has 11 N–H and O–H groups in total. The van der Waals surface area contributed by atoms with Crippen molar-refractivity contribution in [2.45, 2.75) is 97.4 Å². The largest absolute Gasteiger partial charge is 0.356 e. The Morgan fingerprint density at radius 2 is 0.574 bits per heavy atom. The van der Waals surface area contributed by atoms with Crippen LogP contribution in [0.3, 0.4) is 0 Å². The molecule has 24 rings (SSSR count). The van der Waals surface area contributed by atoms with E-state index in [4.69, 9.17) is 9.47 Å². The molecule has 8 unspecified atom stereocenters. The lowest BCUT2D eigenvalue weighted by Gasteiger charge is -2.24. The van der Waals surface area contributed by atoms with Gasteiger partial charge >= 0.3 is 0 Å². The number of morpholine rings is 2. The zero-order chi connectivity index (χ0) is 94.6. The van der Waals surface area contributed by atoms with Crippen LogP contribution < -0.4 is 58.5 Å². The Labute approximate surface area is 788 Å². The Morgan fingerprint density at radius 1 is 0.279 bits per heavy atom. The van der Waals surface area contributed by atoms with Crippen molar-refractivity contribution in [2.75, 3.05) is 50.1 Å². The molecule has 24 heterocycles. The van der Waals surface area contributed by atoms with Crippen LogP contribution in [-0.4, -0.2) is 260 Å². The zero-order valence-corrected chi connectivity index (χ0v) is 75.1. The quantitative estimate of drug-likeness (QED) is 0.104. The van der Waals surface area contributed by atoms with Gasteiger partial charge < -0.3 is 52.0 Å². The molecule has 136 heavy (non-hydrogen) atoms. The average molecular weight is 1890 g/mol. The summed E-state index contributed by atoms with van der Waals surface area (Å²) < 4.78 is 10.9. The lowest BCUT2D eigenvalue weighted by Crippen LogP contribution is -2.55. The molecule has 8 fully saturated rings. The summed E-state index contributed by atoms with van der Waals surface area (Å²) in [4.78, 5) is 138. The minimum atomic E-state index is -0.644. The number of hydrogen-bond acceptors (Lipinski definition) is 38. The van der Waals surface area contributed by atoms with Crippen molar-refractivity contribution >= 4 is 174 Å². The number of pyridine rings is 2. The van der Waals surface area contributed by atoms with Gasteiger partial charge in [0, 0.05) is 197 Å². The van der Waals surface area contributed by atoms with E-state index in [1.165, 1.54) is 0 Å². The number of thioether (sulfide) groups is 3. The molecule has 16 aliphatic rings. The monoisotopic (exact) mass is 1880 g/mol. The van der Waals surface area contributed by atoms with Gasteiger partial charge in [-0.1, -0.05) is 64.8 Å². The summed E-state index contributed by atoms with van der Waals surface area (Å²) in [6.45, 7) is 32.1. The molecule has 8 aromatic heterocycles. The topological polar surface area (TPSA) is 567 Å². The van der Waals surface area contributed by atoms with E-state index in [9.17, 15) is 38.4 Å². The number of carbonyl (C=O) groups is 8. The predicted molar refractivity (Wildman–Crippen MR) is 509 cm³/mol. The molecule has 0 bridgehead atoms. The molecule has 688 valence electrons. The Bertz CT molecular complexity index is 5480. The van der Waals surface area contributed by atoms with E-state index >= 15 is 0 Å². The van der Waals surface area contributed by atoms with E-state index in [2.05, 4.69) is 222 Å². The van der Waals surface area contributed by atoms with Gasteiger partial charge in [-0.3, -0.25) is 84.3 Å². The van der Waals surface area contributed by atoms with E-state index in [1.54, 1.807) is 116 Å².